The van der Waals surface area contributed by atoms with Crippen LogP contribution < -0.4 is 5.46 Å². The monoisotopic (exact) mass is 189 g/mol. The van der Waals surface area contributed by atoms with Gasteiger partial charge in [-0.2, -0.15) is 0 Å². The van der Waals surface area contributed by atoms with E-state index in [2.05, 4.69) is 18.9 Å². The maximum absolute atomic E-state index is 6.09. The van der Waals surface area contributed by atoms with Crippen LogP contribution in [0.25, 0.3) is 10.9 Å². The van der Waals surface area contributed by atoms with Crippen LogP contribution in [-0.4, -0.2) is 12.8 Å². The normalized spacial score (nSPS) is 10.6. The second kappa shape index (κ2) is 3.04. The van der Waals surface area contributed by atoms with Crippen molar-refractivity contribution >= 4 is 35.8 Å². The van der Waals surface area contributed by atoms with Crippen LogP contribution in [0.3, 0.4) is 0 Å². The molecule has 0 radical (unpaired) electrons. The lowest BCUT2D eigenvalue weighted by Gasteiger charge is -2.02. The fourth-order valence-electron chi connectivity index (χ4n) is 1.42. The van der Waals surface area contributed by atoms with E-state index in [0.717, 1.165) is 21.6 Å². The van der Waals surface area contributed by atoms with Gasteiger partial charge in [0.1, 0.15) is 7.85 Å². The molecule has 0 bridgehead atoms. The number of rotatable bonds is 0. The fraction of sp³-hybridized carbons (Fsp3) is 0.100. The lowest BCUT2D eigenvalue weighted by Crippen LogP contribution is -2.00. The average molecular weight is 189 g/mol. The Labute approximate surface area is 83.2 Å². The minimum atomic E-state index is 0.784. The van der Waals surface area contributed by atoms with Crippen molar-refractivity contribution < 1.29 is 0 Å². The molecule has 0 unspecified atom stereocenters. The van der Waals surface area contributed by atoms with E-state index in [1.165, 1.54) is 5.46 Å². The molecule has 0 aliphatic carbocycles. The van der Waals surface area contributed by atoms with Crippen LogP contribution in [0.15, 0.2) is 24.3 Å². The molecule has 1 nitrogen and oxygen atoms in total. The zero-order chi connectivity index (χ0) is 9.42. The van der Waals surface area contributed by atoms with Gasteiger partial charge in [0.15, 0.2) is 0 Å². The first-order chi connectivity index (χ1) is 6.16. The largest absolute Gasteiger partial charge is 0.253 e. The summed E-state index contributed by atoms with van der Waals surface area (Å²) in [4.78, 5) is 4.39. The summed E-state index contributed by atoms with van der Waals surface area (Å²) >= 11 is 6.09. The molecule has 2 aromatic rings. The number of aryl methyl sites for hydroxylation is 1. The number of halogens is 1. The van der Waals surface area contributed by atoms with Gasteiger partial charge in [-0.25, -0.2) is 0 Å². The van der Waals surface area contributed by atoms with Crippen LogP contribution in [0.1, 0.15) is 5.69 Å². The molecular weight excluding hydrogens is 180 g/mol. The van der Waals surface area contributed by atoms with Gasteiger partial charge in [-0.05, 0) is 19.1 Å². The Bertz CT molecular complexity index is 468. The van der Waals surface area contributed by atoms with Crippen LogP contribution in [-0.2, 0) is 0 Å². The molecule has 13 heavy (non-hydrogen) atoms. The van der Waals surface area contributed by atoms with Gasteiger partial charge in [0.2, 0.25) is 0 Å². The highest BCUT2D eigenvalue weighted by atomic mass is 35.5. The first kappa shape index (κ1) is 8.58. The van der Waals surface area contributed by atoms with Crippen LogP contribution in [0.5, 0.6) is 0 Å². The van der Waals surface area contributed by atoms with E-state index in [4.69, 9.17) is 11.6 Å². The molecule has 64 valence electrons. The standard InChI is InChI=1S/C10H9BClN/c1-6-4-9(12)8-5-7(11)2-3-10(8)13-6/h2-5H,11H2,1H3. The number of aromatic nitrogens is 1. The Morgan fingerprint density at radius 3 is 2.85 bits per heavy atom. The van der Waals surface area contributed by atoms with Gasteiger partial charge >= 0.3 is 0 Å². The summed E-state index contributed by atoms with van der Waals surface area (Å²) in [7, 11) is 2.05. The number of pyridine rings is 1. The zero-order valence-electron chi connectivity index (χ0n) is 7.63. The summed E-state index contributed by atoms with van der Waals surface area (Å²) in [6.07, 6.45) is 0. The molecule has 0 spiro atoms. The van der Waals surface area contributed by atoms with Crippen molar-refractivity contribution in [2.75, 3.05) is 0 Å². The molecule has 1 heterocycles. The van der Waals surface area contributed by atoms with Gasteiger partial charge in [0, 0.05) is 11.1 Å². The van der Waals surface area contributed by atoms with Crippen LogP contribution in [0.2, 0.25) is 5.02 Å². The Morgan fingerprint density at radius 1 is 1.31 bits per heavy atom. The van der Waals surface area contributed by atoms with Crippen molar-refractivity contribution in [1.82, 2.24) is 4.98 Å². The molecule has 0 atom stereocenters. The van der Waals surface area contributed by atoms with Crippen molar-refractivity contribution in [3.8, 4) is 0 Å². The van der Waals surface area contributed by atoms with Crippen molar-refractivity contribution in [1.29, 1.82) is 0 Å². The van der Waals surface area contributed by atoms with Crippen molar-refractivity contribution in [3.05, 3.63) is 35.0 Å². The summed E-state index contributed by atoms with van der Waals surface area (Å²) in [6, 6.07) is 8.00. The van der Waals surface area contributed by atoms with Gasteiger partial charge in [0.05, 0.1) is 10.5 Å². The second-order valence-corrected chi connectivity index (χ2v) is 3.67. The molecule has 1 aromatic carbocycles. The Hall–Kier alpha value is -1.02. The predicted octanol–water partition coefficient (Wildman–Crippen LogP) is 1.46. The topological polar surface area (TPSA) is 12.9 Å². The number of nitrogens with zero attached hydrogens (tertiary/aromatic N) is 1. The molecule has 0 amide bonds. The van der Waals surface area contributed by atoms with Gasteiger partial charge in [-0.15, -0.1) is 0 Å². The number of hydrogen-bond acceptors (Lipinski definition) is 1. The lowest BCUT2D eigenvalue weighted by molar-refractivity contribution is 1.26. The molecule has 0 saturated carbocycles. The lowest BCUT2D eigenvalue weighted by atomic mass is 9.95. The third-order valence-corrected chi connectivity index (χ3v) is 2.35. The third-order valence-electron chi connectivity index (χ3n) is 2.04. The maximum atomic E-state index is 6.09. The minimum Gasteiger partial charge on any atom is -0.253 e. The van der Waals surface area contributed by atoms with Crippen LogP contribution >= 0.6 is 11.6 Å². The van der Waals surface area contributed by atoms with E-state index in [1.807, 2.05) is 25.1 Å². The average Bonchev–Trinajstić information content (AvgIpc) is 2.06. The van der Waals surface area contributed by atoms with Crippen molar-refractivity contribution in [3.63, 3.8) is 0 Å². The third kappa shape index (κ3) is 1.54. The fourth-order valence-corrected chi connectivity index (χ4v) is 1.73. The van der Waals surface area contributed by atoms with E-state index in [1.54, 1.807) is 0 Å². The highest BCUT2D eigenvalue weighted by Gasteiger charge is 2.01. The maximum Gasteiger partial charge on any atom is 0.139 e. The smallest absolute Gasteiger partial charge is 0.139 e. The molecule has 0 fully saturated rings. The van der Waals surface area contributed by atoms with Gasteiger partial charge < -0.3 is 0 Å². The van der Waals surface area contributed by atoms with Gasteiger partial charge in [0.25, 0.3) is 0 Å². The highest BCUT2D eigenvalue weighted by Crippen LogP contribution is 2.21. The number of benzene rings is 1. The van der Waals surface area contributed by atoms with Crippen molar-refractivity contribution in [2.24, 2.45) is 0 Å². The summed E-state index contributed by atoms with van der Waals surface area (Å²) in [5, 5.41) is 1.82. The first-order valence-corrected chi connectivity index (χ1v) is 4.58. The Morgan fingerprint density at radius 2 is 2.08 bits per heavy atom. The second-order valence-electron chi connectivity index (χ2n) is 3.27. The summed E-state index contributed by atoms with van der Waals surface area (Å²) in [6.45, 7) is 1.95. The van der Waals surface area contributed by atoms with Crippen LogP contribution in [0.4, 0.5) is 0 Å². The van der Waals surface area contributed by atoms with Gasteiger partial charge in [-0.3, -0.25) is 4.98 Å². The first-order valence-electron chi connectivity index (χ1n) is 4.20. The number of hydrogen-bond donors (Lipinski definition) is 0. The molecule has 0 aliphatic heterocycles. The van der Waals surface area contributed by atoms with E-state index < -0.39 is 0 Å². The molecule has 1 aromatic heterocycles. The quantitative estimate of drug-likeness (QED) is 0.572. The molecule has 0 N–H and O–H groups in total. The summed E-state index contributed by atoms with van der Waals surface area (Å²) in [5.41, 5.74) is 3.14. The number of fused-ring (bicyclic) bond motifs is 1. The summed E-state index contributed by atoms with van der Waals surface area (Å²) in [5.74, 6) is 0. The Balaban J connectivity index is 2.87. The predicted molar refractivity (Wildman–Crippen MR) is 59.7 cm³/mol. The van der Waals surface area contributed by atoms with Crippen LogP contribution in [0, 0.1) is 6.92 Å². The highest BCUT2D eigenvalue weighted by molar-refractivity contribution is 6.37. The molecule has 0 saturated heterocycles. The Kier molecular flexibility index (Phi) is 2.00. The molecule has 2 rings (SSSR count). The van der Waals surface area contributed by atoms with Crippen molar-refractivity contribution in [2.45, 2.75) is 6.92 Å². The van der Waals surface area contributed by atoms with E-state index >= 15 is 0 Å². The zero-order valence-corrected chi connectivity index (χ0v) is 8.39. The molecule has 0 aliphatic rings. The van der Waals surface area contributed by atoms with Gasteiger partial charge in [-0.1, -0.05) is 29.2 Å². The summed E-state index contributed by atoms with van der Waals surface area (Å²) < 4.78 is 0. The van der Waals surface area contributed by atoms with E-state index in [-0.39, 0.29) is 0 Å². The minimum absolute atomic E-state index is 0.784. The van der Waals surface area contributed by atoms with E-state index in [0.29, 0.717) is 0 Å². The van der Waals surface area contributed by atoms with E-state index in [9.17, 15) is 0 Å². The molecule has 3 heteroatoms. The SMILES string of the molecule is Bc1ccc2nc(C)cc(Cl)c2c1. The molecular formula is C10H9BClN.